The van der Waals surface area contributed by atoms with Gasteiger partial charge in [-0.05, 0) is 0 Å². The van der Waals surface area contributed by atoms with E-state index in [2.05, 4.69) is 19.8 Å². The maximum absolute atomic E-state index is 10.7. The van der Waals surface area contributed by atoms with E-state index < -0.39 is 18.4 Å². The Morgan fingerprint density at radius 1 is 1.43 bits per heavy atom. The van der Waals surface area contributed by atoms with Gasteiger partial charge in [0.1, 0.15) is 0 Å². The molecule has 0 aliphatic rings. The molecule has 0 spiro atoms. The minimum atomic E-state index is -2.03. The van der Waals surface area contributed by atoms with Crippen LogP contribution in [0.4, 0.5) is 0 Å². The molecule has 1 amide bonds. The van der Waals surface area contributed by atoms with Crippen LogP contribution in [0.1, 0.15) is 5.56 Å². The van der Waals surface area contributed by atoms with Gasteiger partial charge in [0.25, 0.3) is 0 Å². The molecule has 1 aromatic heterocycles. The topological polar surface area (TPSA) is 56.0 Å². The summed E-state index contributed by atoms with van der Waals surface area (Å²) in [4.78, 5) is 22.0. The zero-order valence-electron chi connectivity index (χ0n) is 8.87. The van der Waals surface area contributed by atoms with Crippen LogP contribution >= 0.6 is 0 Å². The number of nitrogens with zero attached hydrogens (tertiary/aromatic N) is 1. The van der Waals surface area contributed by atoms with Gasteiger partial charge in [-0.15, -0.1) is 0 Å². The summed E-state index contributed by atoms with van der Waals surface area (Å²) in [5.41, 5.74) is 5.99. The van der Waals surface area contributed by atoms with Gasteiger partial charge in [0.05, 0.1) is 0 Å². The minimum absolute atomic E-state index is 0.285. The van der Waals surface area contributed by atoms with Crippen LogP contribution in [0.3, 0.4) is 0 Å². The van der Waals surface area contributed by atoms with Gasteiger partial charge in [-0.25, -0.2) is 0 Å². The molecule has 4 heteroatoms. The maximum atomic E-state index is 10.7. The van der Waals surface area contributed by atoms with E-state index in [1.165, 1.54) is 3.71 Å². The summed E-state index contributed by atoms with van der Waals surface area (Å²) in [6, 6.07) is 3.99. The van der Waals surface area contributed by atoms with Crippen LogP contribution in [0.15, 0.2) is 18.3 Å². The van der Waals surface area contributed by atoms with Gasteiger partial charge in [0.15, 0.2) is 0 Å². The Bertz CT molecular complexity index is 327. The van der Waals surface area contributed by atoms with Crippen molar-refractivity contribution in [1.29, 1.82) is 0 Å². The van der Waals surface area contributed by atoms with Crippen molar-refractivity contribution in [2.75, 3.05) is 0 Å². The van der Waals surface area contributed by atoms with Gasteiger partial charge in [-0.2, -0.15) is 0 Å². The van der Waals surface area contributed by atoms with Gasteiger partial charge in [0.2, 0.25) is 0 Å². The van der Waals surface area contributed by atoms with E-state index in [0.717, 1.165) is 5.56 Å². The van der Waals surface area contributed by atoms with E-state index >= 15 is 0 Å². The number of pyridine rings is 1. The van der Waals surface area contributed by atoms with Gasteiger partial charge in [-0.3, -0.25) is 0 Å². The van der Waals surface area contributed by atoms with Crippen LogP contribution in [-0.4, -0.2) is 29.3 Å². The summed E-state index contributed by atoms with van der Waals surface area (Å²) in [5.74, 6) is -0.307. The molecule has 0 unspecified atom stereocenters. The number of amides is 1. The number of primary amides is 1. The third kappa shape index (κ3) is 3.29. The fraction of sp³-hybridized carbons (Fsp3) is 0.400. The number of aromatic nitrogens is 1. The van der Waals surface area contributed by atoms with E-state index in [1.54, 1.807) is 6.20 Å². The zero-order valence-corrected chi connectivity index (χ0v) is 11.7. The average molecular weight is 299 g/mol. The van der Waals surface area contributed by atoms with E-state index in [9.17, 15) is 4.79 Å². The Kier molecular flexibility index (Phi) is 3.53. The molecule has 0 aliphatic carbocycles. The summed E-state index contributed by atoms with van der Waals surface area (Å²) >= 11 is -2.03. The summed E-state index contributed by atoms with van der Waals surface area (Å²) in [7, 11) is 0. The molecule has 0 saturated carbocycles. The van der Waals surface area contributed by atoms with E-state index in [-0.39, 0.29) is 12.3 Å². The van der Waals surface area contributed by atoms with E-state index in [0.29, 0.717) is 0 Å². The monoisotopic (exact) mass is 300 g/mol. The fourth-order valence-corrected chi connectivity index (χ4v) is 4.13. The first kappa shape index (κ1) is 11.5. The van der Waals surface area contributed by atoms with Gasteiger partial charge >= 0.3 is 88.6 Å². The summed E-state index contributed by atoms with van der Waals surface area (Å²) in [6.07, 6.45) is 2.05. The standard InChI is InChI=1S/C7H7N2O.3CH3.Sn/c8-7(10)4-6-2-1-3-9-5-6;;;;/h1-2,5H,4H2,(H2,8,10);3*1H3;. The van der Waals surface area contributed by atoms with Gasteiger partial charge < -0.3 is 0 Å². The Labute approximate surface area is 88.6 Å². The molecular formula is C10H16N2OSn. The predicted octanol–water partition coefficient (Wildman–Crippen LogP) is 0.655. The van der Waals surface area contributed by atoms with E-state index in [4.69, 9.17) is 5.73 Å². The van der Waals surface area contributed by atoms with Crippen LogP contribution in [-0.2, 0) is 11.2 Å². The Morgan fingerprint density at radius 3 is 2.43 bits per heavy atom. The second kappa shape index (κ2) is 4.29. The third-order valence-corrected chi connectivity index (χ3v) is 7.20. The van der Waals surface area contributed by atoms with Crippen molar-refractivity contribution in [2.24, 2.45) is 5.73 Å². The number of rotatable bonds is 3. The fourth-order valence-electron chi connectivity index (χ4n) is 1.17. The quantitative estimate of drug-likeness (QED) is 0.833. The molecule has 0 saturated heterocycles. The zero-order chi connectivity index (χ0) is 10.8. The van der Waals surface area contributed by atoms with Crippen LogP contribution in [0.2, 0.25) is 14.8 Å². The Balaban J connectivity index is 2.84. The number of hydrogen-bond donors (Lipinski definition) is 1. The number of hydrogen-bond acceptors (Lipinski definition) is 2. The first-order valence-electron chi connectivity index (χ1n) is 4.63. The van der Waals surface area contributed by atoms with Crippen molar-refractivity contribution >= 4 is 28.0 Å². The second-order valence-electron chi connectivity index (χ2n) is 4.44. The molecule has 14 heavy (non-hydrogen) atoms. The van der Waals surface area contributed by atoms with Crippen LogP contribution < -0.4 is 9.44 Å². The van der Waals surface area contributed by atoms with Crippen molar-refractivity contribution in [2.45, 2.75) is 21.2 Å². The molecule has 2 N–H and O–H groups in total. The normalized spacial score (nSPS) is 11.4. The van der Waals surface area contributed by atoms with Crippen molar-refractivity contribution in [3.05, 3.63) is 23.9 Å². The number of carbonyl (C=O) groups excluding carboxylic acids is 1. The third-order valence-electron chi connectivity index (χ3n) is 1.97. The molecule has 1 heterocycles. The molecule has 1 rings (SSSR count). The Morgan fingerprint density at radius 2 is 2.07 bits per heavy atom. The van der Waals surface area contributed by atoms with Crippen LogP contribution in [0, 0.1) is 0 Å². The predicted molar refractivity (Wildman–Crippen MR) is 60.1 cm³/mol. The molecule has 76 valence electrons. The molecule has 0 aromatic carbocycles. The van der Waals surface area contributed by atoms with Crippen molar-refractivity contribution in [1.82, 2.24) is 4.98 Å². The van der Waals surface area contributed by atoms with Crippen molar-refractivity contribution in [3.63, 3.8) is 0 Å². The van der Waals surface area contributed by atoms with Gasteiger partial charge in [-0.1, -0.05) is 0 Å². The van der Waals surface area contributed by atoms with Crippen LogP contribution in [0.25, 0.3) is 0 Å². The first-order chi connectivity index (χ1) is 6.39. The molecule has 1 aromatic rings. The first-order valence-corrected chi connectivity index (χ1v) is 14.6. The number of nitrogens with two attached hydrogens (primary N) is 1. The molecule has 0 fully saturated rings. The van der Waals surface area contributed by atoms with Gasteiger partial charge in [0, 0.05) is 0 Å². The molecular weight excluding hydrogens is 283 g/mol. The summed E-state index contributed by atoms with van der Waals surface area (Å²) < 4.78 is 1.23. The summed E-state index contributed by atoms with van der Waals surface area (Å²) in [5, 5.41) is 0. The molecule has 0 radical (unpaired) electrons. The molecule has 0 aliphatic heterocycles. The van der Waals surface area contributed by atoms with Crippen LogP contribution in [0.5, 0.6) is 0 Å². The van der Waals surface area contributed by atoms with E-state index in [1.807, 2.05) is 12.1 Å². The van der Waals surface area contributed by atoms with Crippen molar-refractivity contribution < 1.29 is 4.79 Å². The second-order valence-corrected chi connectivity index (χ2v) is 18.8. The summed E-state index contributed by atoms with van der Waals surface area (Å²) in [6.45, 7) is 0. The molecule has 0 atom stereocenters. The number of carbonyl (C=O) groups is 1. The Hall–Kier alpha value is -0.581. The average Bonchev–Trinajstić information content (AvgIpc) is 2.02. The molecule has 0 bridgehead atoms. The molecule has 3 nitrogen and oxygen atoms in total. The van der Waals surface area contributed by atoms with Crippen molar-refractivity contribution in [3.8, 4) is 0 Å². The SMILES string of the molecule is [CH3][Sn]([CH3])([CH3])[c]1ccc(CC(N)=O)cn1.